The Labute approximate surface area is 339 Å². The smallest absolute Gasteiger partial charge is 0.445 e. The zero-order chi connectivity index (χ0) is 40.5. The molecule has 0 saturated carbocycles. The predicted molar refractivity (Wildman–Crippen MR) is 221 cm³/mol. The number of nitrogens with zero attached hydrogens (tertiary/aromatic N) is 1. The lowest BCUT2D eigenvalue weighted by molar-refractivity contribution is 0.105. The van der Waals surface area contributed by atoms with Gasteiger partial charge in [0.15, 0.2) is 11.5 Å². The van der Waals surface area contributed by atoms with Gasteiger partial charge in [-0.25, -0.2) is 13.9 Å². The molecule has 0 unspecified atom stereocenters. The Morgan fingerprint density at radius 1 is 0.448 bits per heavy atom. The molecule has 6 aromatic carbocycles. The maximum atomic E-state index is 14.6. The van der Waals surface area contributed by atoms with Crippen molar-refractivity contribution in [2.45, 2.75) is 39.5 Å². The second-order valence-electron chi connectivity index (χ2n) is 13.1. The van der Waals surface area contributed by atoms with E-state index < -0.39 is 21.7 Å². The van der Waals surface area contributed by atoms with E-state index in [2.05, 4.69) is 0 Å². The van der Waals surface area contributed by atoms with Gasteiger partial charge in [0.25, 0.3) is 0 Å². The number of phosphoric ester groups is 2. The van der Waals surface area contributed by atoms with Crippen molar-refractivity contribution in [3.63, 3.8) is 0 Å². The van der Waals surface area contributed by atoms with Crippen LogP contribution in [0.15, 0.2) is 170 Å². The average molecular weight is 822 g/mol. The van der Waals surface area contributed by atoms with Gasteiger partial charge < -0.3 is 18.7 Å². The van der Waals surface area contributed by atoms with Crippen LogP contribution in [-0.4, -0.2) is 24.6 Å². The summed E-state index contributed by atoms with van der Waals surface area (Å²) in [6.45, 7) is 0.0153. The highest BCUT2D eigenvalue weighted by molar-refractivity contribution is 7.49. The van der Waals surface area contributed by atoms with Gasteiger partial charge in [-0.1, -0.05) is 158 Å². The topological polar surface area (TPSA) is 119 Å². The standard InChI is InChI=1S/C45H45NO10P2/c1-46(45(47)50-32-38-17-7-2-8-18-38)30-29-37-27-28-43(55-57(48,51-33-39-19-9-3-10-20-39)52-34-40-21-11-4-12-22-40)44(31-37)56-58(49,53-35-41-23-13-5-14-24-41)54-36-42-25-15-6-16-26-42/h2-28,31H,29-30,32-36H2,1H3. The molecule has 0 bridgehead atoms. The van der Waals surface area contributed by atoms with E-state index in [4.69, 9.17) is 31.9 Å². The highest BCUT2D eigenvalue weighted by atomic mass is 31.2. The number of benzene rings is 6. The van der Waals surface area contributed by atoms with Crippen LogP contribution in [0.25, 0.3) is 0 Å². The minimum atomic E-state index is -4.44. The van der Waals surface area contributed by atoms with Gasteiger partial charge in [-0.15, -0.1) is 0 Å². The quantitative estimate of drug-likeness (QED) is 0.0649. The summed E-state index contributed by atoms with van der Waals surface area (Å²) < 4.78 is 70.5. The lowest BCUT2D eigenvalue weighted by Crippen LogP contribution is -2.29. The third-order valence-electron chi connectivity index (χ3n) is 8.61. The van der Waals surface area contributed by atoms with Crippen LogP contribution < -0.4 is 9.05 Å². The van der Waals surface area contributed by atoms with E-state index in [0.717, 1.165) is 27.8 Å². The molecule has 6 aromatic rings. The summed E-state index contributed by atoms with van der Waals surface area (Å²) in [6.07, 6.45) is -0.166. The van der Waals surface area contributed by atoms with Crippen LogP contribution in [0, 0.1) is 0 Å². The fourth-order valence-corrected chi connectivity index (χ4v) is 7.77. The van der Waals surface area contributed by atoms with Gasteiger partial charge in [0.2, 0.25) is 0 Å². The molecule has 0 aromatic heterocycles. The van der Waals surface area contributed by atoms with Crippen molar-refractivity contribution in [2.24, 2.45) is 0 Å². The average Bonchev–Trinajstić information content (AvgIpc) is 3.27. The fourth-order valence-electron chi connectivity index (χ4n) is 5.40. The van der Waals surface area contributed by atoms with E-state index >= 15 is 0 Å². The highest BCUT2D eigenvalue weighted by Gasteiger charge is 2.35. The summed E-state index contributed by atoms with van der Waals surface area (Å²) in [7, 11) is -7.21. The normalized spacial score (nSPS) is 11.5. The predicted octanol–water partition coefficient (Wildman–Crippen LogP) is 11.3. The molecule has 6 rings (SSSR count). The number of ether oxygens (including phenoxy) is 1. The zero-order valence-electron chi connectivity index (χ0n) is 32.0. The molecule has 0 spiro atoms. The molecule has 0 fully saturated rings. The number of rotatable bonds is 21. The molecular formula is C45H45NO10P2. The van der Waals surface area contributed by atoms with Crippen LogP contribution in [-0.2, 0) is 71.4 Å². The second-order valence-corrected chi connectivity index (χ2v) is 16.3. The Kier molecular flexibility index (Phi) is 15.5. The third-order valence-corrected chi connectivity index (χ3v) is 11.2. The molecule has 300 valence electrons. The van der Waals surface area contributed by atoms with E-state index in [1.165, 1.54) is 11.0 Å². The van der Waals surface area contributed by atoms with Crippen LogP contribution in [0.2, 0.25) is 0 Å². The van der Waals surface area contributed by atoms with E-state index in [0.29, 0.717) is 12.0 Å². The second kappa shape index (κ2) is 21.3. The van der Waals surface area contributed by atoms with Crippen LogP contribution in [0.1, 0.15) is 33.4 Å². The number of hydrogen-bond donors (Lipinski definition) is 0. The van der Waals surface area contributed by atoms with Crippen molar-refractivity contribution in [2.75, 3.05) is 13.6 Å². The summed E-state index contributed by atoms with van der Waals surface area (Å²) in [5.41, 5.74) is 4.47. The van der Waals surface area contributed by atoms with Crippen molar-refractivity contribution < 1.29 is 45.8 Å². The number of carbonyl (C=O) groups excluding carboxylic acids is 1. The summed E-state index contributed by atoms with van der Waals surface area (Å²) in [4.78, 5) is 14.3. The molecule has 0 saturated heterocycles. The summed E-state index contributed by atoms with van der Waals surface area (Å²) in [5.74, 6) is -0.209. The van der Waals surface area contributed by atoms with Crippen molar-refractivity contribution in [3.8, 4) is 11.5 Å². The van der Waals surface area contributed by atoms with Crippen molar-refractivity contribution in [1.29, 1.82) is 0 Å². The van der Waals surface area contributed by atoms with Crippen molar-refractivity contribution >= 4 is 21.7 Å². The minimum Gasteiger partial charge on any atom is -0.445 e. The molecule has 13 heteroatoms. The molecule has 0 aliphatic rings. The number of likely N-dealkylation sites (N-methyl/N-ethyl adjacent to an activating group) is 1. The summed E-state index contributed by atoms with van der Waals surface area (Å²) in [5, 5.41) is 0. The van der Waals surface area contributed by atoms with Gasteiger partial charge in [-0.3, -0.25) is 18.1 Å². The first-order chi connectivity index (χ1) is 28.2. The van der Waals surface area contributed by atoms with Crippen LogP contribution in [0.4, 0.5) is 4.79 Å². The number of hydrogen-bond acceptors (Lipinski definition) is 10. The van der Waals surface area contributed by atoms with Crippen LogP contribution in [0.5, 0.6) is 11.5 Å². The van der Waals surface area contributed by atoms with Gasteiger partial charge >= 0.3 is 21.7 Å². The van der Waals surface area contributed by atoms with Gasteiger partial charge in [-0.05, 0) is 51.9 Å². The molecule has 11 nitrogen and oxygen atoms in total. The Bertz CT molecular complexity index is 2150. The molecule has 0 atom stereocenters. The van der Waals surface area contributed by atoms with E-state index in [1.807, 2.05) is 152 Å². The van der Waals surface area contributed by atoms with Gasteiger partial charge in [0, 0.05) is 13.6 Å². The molecule has 0 aliphatic heterocycles. The minimum absolute atomic E-state index is 0.0905. The molecule has 0 heterocycles. The lowest BCUT2D eigenvalue weighted by atomic mass is 10.1. The first-order valence-corrected chi connectivity index (χ1v) is 21.5. The van der Waals surface area contributed by atoms with Crippen LogP contribution >= 0.6 is 15.6 Å². The maximum absolute atomic E-state index is 14.6. The maximum Gasteiger partial charge on any atom is 0.530 e. The number of amides is 1. The SMILES string of the molecule is CN(CCc1ccc(OP(=O)(OCc2ccccc2)OCc2ccccc2)c(OP(=O)(OCc2ccccc2)OCc2ccccc2)c1)C(=O)OCc1ccccc1. The van der Waals surface area contributed by atoms with Gasteiger partial charge in [0.05, 0.1) is 26.4 Å². The fraction of sp³-hybridized carbons (Fsp3) is 0.178. The first-order valence-electron chi connectivity index (χ1n) is 18.6. The van der Waals surface area contributed by atoms with Crippen molar-refractivity contribution in [1.82, 2.24) is 4.90 Å². The molecule has 0 radical (unpaired) electrons. The summed E-state index contributed by atoms with van der Waals surface area (Å²) >= 11 is 0. The van der Waals surface area contributed by atoms with Crippen LogP contribution in [0.3, 0.4) is 0 Å². The first kappa shape index (κ1) is 42.1. The Morgan fingerprint density at radius 2 is 0.793 bits per heavy atom. The molecular weight excluding hydrogens is 776 g/mol. The third kappa shape index (κ3) is 13.6. The van der Waals surface area contributed by atoms with Gasteiger partial charge in [0.1, 0.15) is 6.61 Å². The largest absolute Gasteiger partial charge is 0.530 e. The van der Waals surface area contributed by atoms with E-state index in [1.54, 1.807) is 19.2 Å². The Morgan fingerprint density at radius 3 is 1.17 bits per heavy atom. The van der Waals surface area contributed by atoms with Crippen molar-refractivity contribution in [3.05, 3.63) is 203 Å². The highest BCUT2D eigenvalue weighted by Crippen LogP contribution is 2.57. The monoisotopic (exact) mass is 821 g/mol. The number of carbonyl (C=O) groups is 1. The molecule has 0 aliphatic carbocycles. The lowest BCUT2D eigenvalue weighted by Gasteiger charge is -2.23. The Hall–Kier alpha value is -5.51. The van der Waals surface area contributed by atoms with E-state index in [-0.39, 0.29) is 51.1 Å². The van der Waals surface area contributed by atoms with Gasteiger partial charge in [-0.2, -0.15) is 0 Å². The zero-order valence-corrected chi connectivity index (χ0v) is 33.8. The molecule has 58 heavy (non-hydrogen) atoms. The Balaban J connectivity index is 1.27. The summed E-state index contributed by atoms with van der Waals surface area (Å²) in [6, 6.07) is 50.9. The molecule has 0 N–H and O–H groups in total. The number of phosphoric acid groups is 2. The molecule has 1 amide bonds. The van der Waals surface area contributed by atoms with E-state index in [9.17, 15) is 13.9 Å².